The van der Waals surface area contributed by atoms with Crippen LogP contribution >= 0.6 is 22.6 Å². The molecular weight excluding hydrogens is 229 g/mol. The Labute approximate surface area is 69.5 Å². The second-order valence-corrected chi connectivity index (χ2v) is 3.28. The molecule has 2 nitrogen and oxygen atoms in total. The van der Waals surface area contributed by atoms with Gasteiger partial charge in [-0.2, -0.15) is 0 Å². The highest BCUT2D eigenvalue weighted by Gasteiger charge is 2.13. The highest BCUT2D eigenvalue weighted by Crippen LogP contribution is 2.02. The van der Waals surface area contributed by atoms with Gasteiger partial charge < -0.3 is 10.1 Å². The van der Waals surface area contributed by atoms with Crippen LogP contribution in [0, 0.1) is 0 Å². The highest BCUT2D eigenvalue weighted by molar-refractivity contribution is 14.1. The largest absolute Gasteiger partial charge is 0.380 e. The quantitative estimate of drug-likeness (QED) is 0.583. The number of nitrogens with one attached hydrogen (secondary N) is 1. The molecule has 9 heavy (non-hydrogen) atoms. The van der Waals surface area contributed by atoms with Crippen molar-refractivity contribution < 1.29 is 4.74 Å². The Hall–Kier alpha value is 0.650. The first-order valence-electron chi connectivity index (χ1n) is 3.30. The number of alkyl halides is 1. The Kier molecular flexibility index (Phi) is 3.85. The van der Waals surface area contributed by atoms with Gasteiger partial charge >= 0.3 is 0 Å². The van der Waals surface area contributed by atoms with Crippen LogP contribution in [-0.2, 0) is 4.74 Å². The molecule has 0 amide bonds. The van der Waals surface area contributed by atoms with Gasteiger partial charge in [-0.05, 0) is 6.42 Å². The Balaban J connectivity index is 1.98. The van der Waals surface area contributed by atoms with Crippen LogP contribution in [0.15, 0.2) is 0 Å². The molecule has 1 fully saturated rings. The molecule has 1 atom stereocenters. The lowest BCUT2D eigenvalue weighted by molar-refractivity contribution is 0.190. The summed E-state index contributed by atoms with van der Waals surface area (Å²) in [7, 11) is 0. The van der Waals surface area contributed by atoms with Crippen molar-refractivity contribution in [2.45, 2.75) is 12.5 Å². The summed E-state index contributed by atoms with van der Waals surface area (Å²) in [5.74, 6) is 0. The molecule has 1 N–H and O–H groups in total. The van der Waals surface area contributed by atoms with Crippen molar-refractivity contribution in [3.05, 3.63) is 0 Å². The Morgan fingerprint density at radius 2 is 2.56 bits per heavy atom. The first-order chi connectivity index (χ1) is 4.43. The molecule has 0 unspecified atom stereocenters. The Bertz CT molecular complexity index is 73.5. The molecule has 0 aromatic rings. The van der Waals surface area contributed by atoms with Crippen molar-refractivity contribution in [3.8, 4) is 0 Å². The summed E-state index contributed by atoms with van der Waals surface area (Å²) in [6, 6.07) is 0.639. The zero-order valence-corrected chi connectivity index (χ0v) is 7.56. The summed E-state index contributed by atoms with van der Waals surface area (Å²) in [6.07, 6.45) is 1.19. The van der Waals surface area contributed by atoms with Crippen molar-refractivity contribution in [1.82, 2.24) is 5.32 Å². The van der Waals surface area contributed by atoms with E-state index in [9.17, 15) is 0 Å². The molecule has 0 bridgehead atoms. The van der Waals surface area contributed by atoms with E-state index in [1.807, 2.05) is 0 Å². The molecule has 3 heteroatoms. The van der Waals surface area contributed by atoms with Crippen LogP contribution in [0.3, 0.4) is 0 Å². The van der Waals surface area contributed by atoms with Gasteiger partial charge in [-0.1, -0.05) is 22.6 Å². The molecular formula is C6H12INO. The van der Waals surface area contributed by atoms with Crippen molar-refractivity contribution in [2.24, 2.45) is 0 Å². The molecule has 0 spiro atoms. The van der Waals surface area contributed by atoms with Gasteiger partial charge in [0.25, 0.3) is 0 Å². The van der Waals surface area contributed by atoms with Crippen molar-refractivity contribution in [3.63, 3.8) is 0 Å². The average Bonchev–Trinajstić information content (AvgIpc) is 2.34. The molecule has 0 aliphatic carbocycles. The number of hydrogen-bond acceptors (Lipinski definition) is 2. The molecule has 1 aliphatic rings. The molecule has 0 radical (unpaired) electrons. The van der Waals surface area contributed by atoms with Gasteiger partial charge in [0.2, 0.25) is 0 Å². The zero-order valence-electron chi connectivity index (χ0n) is 5.40. The first kappa shape index (κ1) is 7.75. The highest BCUT2D eigenvalue weighted by atomic mass is 127. The summed E-state index contributed by atoms with van der Waals surface area (Å²) >= 11 is 2.37. The van der Waals surface area contributed by atoms with E-state index in [4.69, 9.17) is 4.74 Å². The lowest BCUT2D eigenvalue weighted by atomic mass is 10.3. The van der Waals surface area contributed by atoms with Gasteiger partial charge in [0.15, 0.2) is 0 Å². The van der Waals surface area contributed by atoms with E-state index in [0.717, 1.165) is 19.8 Å². The fraction of sp³-hybridized carbons (Fsp3) is 1.00. The molecule has 1 aliphatic heterocycles. The third kappa shape index (κ3) is 2.82. The number of hydrogen-bond donors (Lipinski definition) is 1. The lowest BCUT2D eigenvalue weighted by Gasteiger charge is -2.06. The van der Waals surface area contributed by atoms with Crippen LogP contribution in [0.5, 0.6) is 0 Å². The predicted octanol–water partition coefficient (Wildman–Crippen LogP) is 0.800. The molecule has 0 aromatic carbocycles. The molecule has 0 saturated carbocycles. The summed E-state index contributed by atoms with van der Waals surface area (Å²) in [5, 5.41) is 3.40. The number of rotatable bonds is 3. The third-order valence-electron chi connectivity index (χ3n) is 1.46. The second-order valence-electron chi connectivity index (χ2n) is 2.20. The minimum absolute atomic E-state index is 0.639. The van der Waals surface area contributed by atoms with Crippen LogP contribution in [-0.4, -0.2) is 30.2 Å². The van der Waals surface area contributed by atoms with E-state index in [1.165, 1.54) is 10.8 Å². The van der Waals surface area contributed by atoms with Crippen molar-refractivity contribution in [2.75, 3.05) is 24.2 Å². The fourth-order valence-electron chi connectivity index (χ4n) is 0.954. The van der Waals surface area contributed by atoms with Crippen molar-refractivity contribution >= 4 is 22.6 Å². The SMILES string of the molecule is ICCN[C@H]1CCOC1. The normalized spacial score (nSPS) is 27.0. The Morgan fingerprint density at radius 3 is 3.11 bits per heavy atom. The topological polar surface area (TPSA) is 21.3 Å². The summed E-state index contributed by atoms with van der Waals surface area (Å²) in [6.45, 7) is 2.98. The van der Waals surface area contributed by atoms with Gasteiger partial charge in [-0.25, -0.2) is 0 Å². The van der Waals surface area contributed by atoms with Gasteiger partial charge in [0, 0.05) is 23.6 Å². The predicted molar refractivity (Wildman–Crippen MR) is 46.1 cm³/mol. The maximum Gasteiger partial charge on any atom is 0.0620 e. The van der Waals surface area contributed by atoms with Gasteiger partial charge in [0.05, 0.1) is 6.61 Å². The van der Waals surface area contributed by atoms with Crippen LogP contribution < -0.4 is 5.32 Å². The molecule has 1 saturated heterocycles. The van der Waals surface area contributed by atoms with E-state index in [2.05, 4.69) is 27.9 Å². The number of halogens is 1. The molecule has 1 rings (SSSR count). The lowest BCUT2D eigenvalue weighted by Crippen LogP contribution is -2.30. The maximum atomic E-state index is 5.19. The van der Waals surface area contributed by atoms with Gasteiger partial charge in [-0.3, -0.25) is 0 Å². The molecule has 1 heterocycles. The molecule has 54 valence electrons. The van der Waals surface area contributed by atoms with Crippen LogP contribution in [0.4, 0.5) is 0 Å². The van der Waals surface area contributed by atoms with Gasteiger partial charge in [0.1, 0.15) is 0 Å². The van der Waals surface area contributed by atoms with Crippen LogP contribution in [0.1, 0.15) is 6.42 Å². The summed E-state index contributed by atoms with van der Waals surface area (Å²) in [4.78, 5) is 0. The summed E-state index contributed by atoms with van der Waals surface area (Å²) < 4.78 is 6.38. The van der Waals surface area contributed by atoms with E-state index < -0.39 is 0 Å². The van der Waals surface area contributed by atoms with E-state index in [-0.39, 0.29) is 0 Å². The van der Waals surface area contributed by atoms with Crippen LogP contribution in [0.25, 0.3) is 0 Å². The monoisotopic (exact) mass is 241 g/mol. The first-order valence-corrected chi connectivity index (χ1v) is 4.83. The second kappa shape index (κ2) is 4.46. The van der Waals surface area contributed by atoms with Gasteiger partial charge in [-0.15, -0.1) is 0 Å². The molecule has 0 aromatic heterocycles. The fourth-order valence-corrected chi connectivity index (χ4v) is 1.27. The van der Waals surface area contributed by atoms with Crippen molar-refractivity contribution in [1.29, 1.82) is 0 Å². The third-order valence-corrected chi connectivity index (χ3v) is 2.00. The summed E-state index contributed by atoms with van der Waals surface area (Å²) in [5.41, 5.74) is 0. The zero-order chi connectivity index (χ0) is 6.53. The number of ether oxygens (including phenoxy) is 1. The maximum absolute atomic E-state index is 5.19. The minimum Gasteiger partial charge on any atom is -0.380 e. The van der Waals surface area contributed by atoms with Crippen LogP contribution in [0.2, 0.25) is 0 Å². The average molecular weight is 241 g/mol. The van der Waals surface area contributed by atoms with E-state index in [0.29, 0.717) is 6.04 Å². The standard InChI is InChI=1S/C6H12INO/c7-2-3-8-6-1-4-9-5-6/h6,8H,1-5H2/t6-/m0/s1. The van der Waals surface area contributed by atoms with E-state index >= 15 is 0 Å². The minimum atomic E-state index is 0.639. The smallest absolute Gasteiger partial charge is 0.0620 e. The van der Waals surface area contributed by atoms with E-state index in [1.54, 1.807) is 0 Å². The Morgan fingerprint density at radius 1 is 1.67 bits per heavy atom.